The molecule has 0 saturated heterocycles. The number of hydrogen-bond acceptors (Lipinski definition) is 2. The van der Waals surface area contributed by atoms with Gasteiger partial charge in [0.25, 0.3) is 0 Å². The minimum atomic E-state index is 1.04. The molecule has 0 radical (unpaired) electrons. The largest absolute Gasteiger partial charge is 0.263 e. The molecule has 2 nitrogen and oxygen atoms in total. The molecular weight excluding hydrogens is 387 g/mol. The van der Waals surface area contributed by atoms with E-state index < -0.39 is 0 Å². The molecule has 0 saturated carbocycles. The number of nitrogens with zero attached hydrogens (tertiary/aromatic N) is 2. The third-order valence-corrected chi connectivity index (χ3v) is 4.66. The Balaban J connectivity index is 2.84. The van der Waals surface area contributed by atoms with Crippen molar-refractivity contribution in [2.75, 3.05) is 0 Å². The molecule has 5 heteroatoms. The third-order valence-electron chi connectivity index (χ3n) is 2.51. The molecule has 80 valence electrons. The molecule has 0 fully saturated rings. The number of pyridine rings is 1. The van der Waals surface area contributed by atoms with Crippen LogP contribution in [0.5, 0.6) is 0 Å². The lowest BCUT2D eigenvalue weighted by Crippen LogP contribution is -1.92. The molecular formula is C10H10BrIN2S. The molecule has 0 N–H and O–H groups in total. The molecule has 0 bridgehead atoms. The van der Waals surface area contributed by atoms with Crippen LogP contribution in [-0.4, -0.2) is 8.96 Å². The third kappa shape index (κ3) is 1.93. The predicted octanol–water partition coefficient (Wildman–Crippen LogP) is 4.52. The number of rotatable bonds is 2. The first-order valence-corrected chi connectivity index (χ1v) is 8.74. The molecule has 0 aliphatic rings. The van der Waals surface area contributed by atoms with E-state index in [1.807, 2.05) is 6.20 Å². The molecule has 2 aromatic heterocycles. The van der Waals surface area contributed by atoms with Crippen LogP contribution in [0.2, 0.25) is 0 Å². The van der Waals surface area contributed by atoms with Crippen molar-refractivity contribution in [2.45, 2.75) is 20.3 Å². The van der Waals surface area contributed by atoms with Crippen LogP contribution in [-0.2, 0) is 6.42 Å². The van der Waals surface area contributed by atoms with Gasteiger partial charge in [-0.25, -0.2) is 4.98 Å². The summed E-state index contributed by atoms with van der Waals surface area (Å²) in [6.45, 7) is 4.35. The Morgan fingerprint density at radius 3 is 2.93 bits per heavy atom. The highest BCUT2D eigenvalue weighted by Gasteiger charge is 2.13. The fourth-order valence-electron chi connectivity index (χ4n) is 1.79. The van der Waals surface area contributed by atoms with Gasteiger partial charge in [0.15, 0.2) is 5.65 Å². The first-order valence-electron chi connectivity index (χ1n) is 4.63. The predicted molar refractivity (Wildman–Crippen MR) is 78.6 cm³/mol. The number of hydrogen-bond donors (Lipinski definition) is 0. The van der Waals surface area contributed by atoms with Crippen molar-refractivity contribution < 1.29 is 0 Å². The zero-order valence-electron chi connectivity index (χ0n) is 8.42. The standard InChI is InChI=1S/C10H10BrIN2S/c1-3-9-6(2)8-4-7(11)5-13-10(8)14(9)15-12/h4-5H,3H2,1-2H3. The zero-order valence-corrected chi connectivity index (χ0v) is 13.0. The Kier molecular flexibility index (Phi) is 3.62. The van der Waals surface area contributed by atoms with Gasteiger partial charge in [-0.3, -0.25) is 3.97 Å². The van der Waals surface area contributed by atoms with Crippen molar-refractivity contribution in [1.82, 2.24) is 8.96 Å². The second-order valence-electron chi connectivity index (χ2n) is 3.31. The highest BCUT2D eigenvalue weighted by Crippen LogP contribution is 2.32. The van der Waals surface area contributed by atoms with Crippen LogP contribution < -0.4 is 0 Å². The van der Waals surface area contributed by atoms with Gasteiger partial charge in [-0.05, 0) is 40.9 Å². The Morgan fingerprint density at radius 1 is 1.60 bits per heavy atom. The molecule has 2 heterocycles. The summed E-state index contributed by atoms with van der Waals surface area (Å²) in [4.78, 5) is 4.47. The maximum Gasteiger partial charge on any atom is 0.151 e. The van der Waals surface area contributed by atoms with Crippen molar-refractivity contribution in [1.29, 1.82) is 0 Å². The summed E-state index contributed by atoms with van der Waals surface area (Å²) in [5, 5.41) is 1.24. The molecule has 2 aromatic rings. The highest BCUT2D eigenvalue weighted by atomic mass is 127. The molecule has 0 amide bonds. The lowest BCUT2D eigenvalue weighted by atomic mass is 10.2. The zero-order chi connectivity index (χ0) is 11.0. The molecule has 0 spiro atoms. The fraction of sp³-hybridized carbons (Fsp3) is 0.300. The lowest BCUT2D eigenvalue weighted by Gasteiger charge is -2.02. The van der Waals surface area contributed by atoms with E-state index >= 15 is 0 Å². The Labute approximate surface area is 114 Å². The van der Waals surface area contributed by atoms with Crippen molar-refractivity contribution in [3.63, 3.8) is 0 Å². The van der Waals surface area contributed by atoms with Crippen molar-refractivity contribution in [2.24, 2.45) is 0 Å². The molecule has 0 aliphatic carbocycles. The topological polar surface area (TPSA) is 17.8 Å². The monoisotopic (exact) mass is 396 g/mol. The average Bonchev–Trinajstić information content (AvgIpc) is 2.51. The minimum absolute atomic E-state index is 1.04. The Morgan fingerprint density at radius 2 is 2.33 bits per heavy atom. The quantitative estimate of drug-likeness (QED) is 0.694. The Bertz CT molecular complexity index is 510. The summed E-state index contributed by atoms with van der Waals surface area (Å²) in [6.07, 6.45) is 2.89. The van der Waals surface area contributed by atoms with E-state index in [0.29, 0.717) is 0 Å². The summed E-state index contributed by atoms with van der Waals surface area (Å²) in [5.74, 6) is 0. The van der Waals surface area contributed by atoms with Gasteiger partial charge in [0, 0.05) is 52.1 Å². The van der Waals surface area contributed by atoms with Gasteiger partial charge in [0.05, 0.1) is 0 Å². The number of fused-ring (bicyclic) bond motifs is 1. The average molecular weight is 397 g/mol. The molecule has 0 aliphatic heterocycles. The van der Waals surface area contributed by atoms with Crippen molar-refractivity contribution in [3.8, 4) is 0 Å². The Hall–Kier alpha value is 0.250. The van der Waals surface area contributed by atoms with Crippen LogP contribution in [0, 0.1) is 6.92 Å². The SMILES string of the molecule is CCc1c(C)c2cc(Br)cnc2n1SI. The van der Waals surface area contributed by atoms with E-state index in [1.54, 1.807) is 9.12 Å². The summed E-state index contributed by atoms with van der Waals surface area (Å²) in [5.41, 5.74) is 3.76. The van der Waals surface area contributed by atoms with Gasteiger partial charge in [0.1, 0.15) is 0 Å². The van der Waals surface area contributed by atoms with E-state index in [9.17, 15) is 0 Å². The van der Waals surface area contributed by atoms with Gasteiger partial charge in [-0.1, -0.05) is 6.92 Å². The molecule has 0 atom stereocenters. The summed E-state index contributed by atoms with van der Waals surface area (Å²) in [6, 6.07) is 2.14. The van der Waals surface area contributed by atoms with Gasteiger partial charge in [-0.2, -0.15) is 0 Å². The van der Waals surface area contributed by atoms with E-state index in [4.69, 9.17) is 0 Å². The van der Waals surface area contributed by atoms with Crippen LogP contribution in [0.4, 0.5) is 0 Å². The van der Waals surface area contributed by atoms with Crippen molar-refractivity contribution >= 4 is 57.3 Å². The summed E-state index contributed by atoms with van der Waals surface area (Å²) in [7, 11) is 1.69. The van der Waals surface area contributed by atoms with E-state index in [-0.39, 0.29) is 0 Å². The first-order chi connectivity index (χ1) is 7.19. The lowest BCUT2D eigenvalue weighted by molar-refractivity contribution is 1.02. The second-order valence-corrected chi connectivity index (χ2v) is 5.91. The van der Waals surface area contributed by atoms with Crippen LogP contribution in [0.25, 0.3) is 11.0 Å². The maximum atomic E-state index is 4.47. The number of halogens is 2. The molecule has 2 rings (SSSR count). The molecule has 0 aromatic carbocycles. The van der Waals surface area contributed by atoms with Gasteiger partial charge < -0.3 is 0 Å². The van der Waals surface area contributed by atoms with Crippen LogP contribution >= 0.6 is 46.3 Å². The van der Waals surface area contributed by atoms with Gasteiger partial charge in [0.2, 0.25) is 0 Å². The van der Waals surface area contributed by atoms with Crippen LogP contribution in [0.1, 0.15) is 18.2 Å². The normalized spacial score (nSPS) is 11.2. The fourth-order valence-corrected chi connectivity index (χ4v) is 3.95. The second kappa shape index (κ2) is 4.63. The molecule has 15 heavy (non-hydrogen) atoms. The minimum Gasteiger partial charge on any atom is -0.263 e. The smallest absolute Gasteiger partial charge is 0.151 e. The van der Waals surface area contributed by atoms with Crippen LogP contribution in [0.3, 0.4) is 0 Å². The van der Waals surface area contributed by atoms with Crippen molar-refractivity contribution in [3.05, 3.63) is 28.0 Å². The number of aryl methyl sites for hydroxylation is 1. The van der Waals surface area contributed by atoms with Gasteiger partial charge in [-0.15, -0.1) is 0 Å². The van der Waals surface area contributed by atoms with Gasteiger partial charge >= 0.3 is 0 Å². The van der Waals surface area contributed by atoms with E-state index in [2.05, 4.69) is 66.0 Å². The number of aromatic nitrogens is 2. The maximum absolute atomic E-state index is 4.47. The highest BCUT2D eigenvalue weighted by molar-refractivity contribution is 14.2. The van der Waals surface area contributed by atoms with E-state index in [1.165, 1.54) is 16.6 Å². The summed E-state index contributed by atoms with van der Waals surface area (Å²) < 4.78 is 3.24. The molecule has 0 unspecified atom stereocenters. The first kappa shape index (κ1) is 11.7. The summed E-state index contributed by atoms with van der Waals surface area (Å²) >= 11 is 5.76. The van der Waals surface area contributed by atoms with Crippen LogP contribution in [0.15, 0.2) is 16.7 Å². The van der Waals surface area contributed by atoms with E-state index in [0.717, 1.165) is 16.5 Å².